The lowest BCUT2D eigenvalue weighted by atomic mass is 10.1. The highest BCUT2D eigenvalue weighted by atomic mass is 32.1. The van der Waals surface area contributed by atoms with Crippen molar-refractivity contribution in [2.45, 2.75) is 20.4 Å². The first kappa shape index (κ1) is 16.8. The second-order valence-electron chi connectivity index (χ2n) is 5.36. The minimum absolute atomic E-state index is 0.0836. The van der Waals surface area contributed by atoms with E-state index in [2.05, 4.69) is 16.0 Å². The average Bonchev–Trinajstić information content (AvgIpc) is 3.06. The van der Waals surface area contributed by atoms with E-state index in [0.29, 0.717) is 22.2 Å². The molecule has 0 atom stereocenters. The number of aryl methyl sites for hydroxylation is 2. The van der Waals surface area contributed by atoms with E-state index in [9.17, 15) is 14.4 Å². The zero-order valence-corrected chi connectivity index (χ0v) is 14.5. The Bertz CT molecular complexity index is 1020. The van der Waals surface area contributed by atoms with Gasteiger partial charge in [-0.25, -0.2) is 4.68 Å². The molecule has 0 saturated carbocycles. The topological polar surface area (TPSA) is 93.1 Å². The third-order valence-corrected chi connectivity index (χ3v) is 4.76. The Hall–Kier alpha value is -3.00. The second-order valence-corrected chi connectivity index (χ2v) is 6.27. The van der Waals surface area contributed by atoms with Crippen molar-refractivity contribution in [3.8, 4) is 0 Å². The molecule has 2 heterocycles. The molecule has 3 rings (SSSR count). The molecule has 0 aliphatic carbocycles. The van der Waals surface area contributed by atoms with E-state index < -0.39 is 11.8 Å². The molecule has 25 heavy (non-hydrogen) atoms. The van der Waals surface area contributed by atoms with Crippen molar-refractivity contribution < 1.29 is 9.59 Å². The summed E-state index contributed by atoms with van der Waals surface area (Å²) in [6.07, 6.45) is 0. The molecule has 128 valence electrons. The van der Waals surface area contributed by atoms with Crippen LogP contribution in [0.1, 0.15) is 32.6 Å². The van der Waals surface area contributed by atoms with Gasteiger partial charge in [0.05, 0.1) is 10.3 Å². The predicted molar refractivity (Wildman–Crippen MR) is 95.7 cm³/mol. The van der Waals surface area contributed by atoms with E-state index in [1.165, 1.54) is 16.0 Å². The lowest BCUT2D eigenvalue weighted by molar-refractivity contribution is 0.0845. The van der Waals surface area contributed by atoms with Crippen molar-refractivity contribution in [2.24, 2.45) is 0 Å². The first-order valence-electron chi connectivity index (χ1n) is 7.67. The third kappa shape index (κ3) is 3.16. The van der Waals surface area contributed by atoms with Crippen LogP contribution in [0.15, 0.2) is 40.5 Å². The summed E-state index contributed by atoms with van der Waals surface area (Å²) in [5.74, 6) is -0.977. The number of amides is 2. The van der Waals surface area contributed by atoms with Gasteiger partial charge in [-0.15, -0.1) is 11.3 Å². The van der Waals surface area contributed by atoms with Gasteiger partial charge in [0, 0.05) is 11.9 Å². The highest BCUT2D eigenvalue weighted by Crippen LogP contribution is 2.15. The molecule has 1 aromatic carbocycles. The van der Waals surface area contributed by atoms with Gasteiger partial charge in [0.15, 0.2) is 5.69 Å². The number of thiophene rings is 1. The Labute approximate surface area is 147 Å². The molecule has 2 aromatic heterocycles. The van der Waals surface area contributed by atoms with Crippen molar-refractivity contribution in [3.05, 3.63) is 62.2 Å². The van der Waals surface area contributed by atoms with Crippen LogP contribution in [0, 0.1) is 6.92 Å². The smallest absolute Gasteiger partial charge is 0.267 e. The normalized spacial score (nSPS) is 10.6. The fraction of sp³-hybridized carbons (Fsp3) is 0.176. The van der Waals surface area contributed by atoms with Gasteiger partial charge >= 0.3 is 0 Å². The number of carbonyl (C=O) groups is 2. The summed E-state index contributed by atoms with van der Waals surface area (Å²) in [7, 11) is 0. The van der Waals surface area contributed by atoms with Crippen LogP contribution < -0.4 is 16.4 Å². The van der Waals surface area contributed by atoms with Crippen LogP contribution in [0.5, 0.6) is 0 Å². The summed E-state index contributed by atoms with van der Waals surface area (Å²) < 4.78 is 1.22. The van der Waals surface area contributed by atoms with Crippen LogP contribution in [0.2, 0.25) is 0 Å². The van der Waals surface area contributed by atoms with Gasteiger partial charge in [0.2, 0.25) is 0 Å². The molecule has 0 fully saturated rings. The van der Waals surface area contributed by atoms with Crippen molar-refractivity contribution in [2.75, 3.05) is 0 Å². The van der Waals surface area contributed by atoms with Gasteiger partial charge in [0.25, 0.3) is 17.4 Å². The van der Waals surface area contributed by atoms with Gasteiger partial charge in [-0.1, -0.05) is 18.2 Å². The maximum absolute atomic E-state index is 12.5. The number of benzene rings is 1. The number of nitrogens with zero attached hydrogens (tertiary/aromatic N) is 2. The van der Waals surface area contributed by atoms with Crippen molar-refractivity contribution in [1.82, 2.24) is 20.6 Å². The van der Waals surface area contributed by atoms with E-state index >= 15 is 0 Å². The van der Waals surface area contributed by atoms with E-state index in [0.717, 1.165) is 5.56 Å². The molecule has 2 N–H and O–H groups in total. The summed E-state index contributed by atoms with van der Waals surface area (Å²) in [6.45, 7) is 3.93. The maximum atomic E-state index is 12.5. The number of hydrogen-bond donors (Lipinski definition) is 2. The Kier molecular flexibility index (Phi) is 4.62. The molecule has 0 aliphatic heterocycles. The number of carbonyl (C=O) groups excluding carboxylic acids is 2. The quantitative estimate of drug-likeness (QED) is 0.701. The Morgan fingerprint density at radius 3 is 2.44 bits per heavy atom. The number of hydrazine groups is 1. The van der Waals surface area contributed by atoms with Crippen LogP contribution >= 0.6 is 11.3 Å². The molecule has 8 heteroatoms. The number of nitrogens with one attached hydrogen (secondary N) is 2. The molecule has 0 spiro atoms. The first-order chi connectivity index (χ1) is 12.0. The van der Waals surface area contributed by atoms with Gasteiger partial charge < -0.3 is 0 Å². The number of rotatable bonds is 3. The summed E-state index contributed by atoms with van der Waals surface area (Å²) >= 11 is 1.29. The van der Waals surface area contributed by atoms with Crippen LogP contribution in [0.25, 0.3) is 10.8 Å². The van der Waals surface area contributed by atoms with Crippen LogP contribution in [-0.4, -0.2) is 21.6 Å². The van der Waals surface area contributed by atoms with Crippen LogP contribution in [-0.2, 0) is 6.54 Å². The average molecular weight is 356 g/mol. The molecule has 7 nitrogen and oxygen atoms in total. The minimum atomic E-state index is -0.582. The minimum Gasteiger partial charge on any atom is -0.267 e. The van der Waals surface area contributed by atoms with Gasteiger partial charge in [0.1, 0.15) is 0 Å². The standard InChI is InChI=1S/C17H16N4O3S/c1-3-21-17(24)12-7-5-4-6-11(12)13(20-21)15(22)18-19-16(23)14-10(2)8-9-25-14/h4-9H,3H2,1-2H3,(H,18,22)(H,19,23). The van der Waals surface area contributed by atoms with Crippen molar-refractivity contribution >= 4 is 33.9 Å². The molecule has 0 aliphatic rings. The molecular weight excluding hydrogens is 340 g/mol. The predicted octanol–water partition coefficient (Wildman–Crippen LogP) is 1.86. The molecule has 0 bridgehead atoms. The number of hydrogen-bond acceptors (Lipinski definition) is 5. The fourth-order valence-electron chi connectivity index (χ4n) is 2.45. The zero-order valence-electron chi connectivity index (χ0n) is 13.7. The van der Waals surface area contributed by atoms with E-state index in [1.54, 1.807) is 36.6 Å². The number of fused-ring (bicyclic) bond motifs is 1. The number of aromatic nitrogens is 2. The molecule has 0 radical (unpaired) electrons. The monoisotopic (exact) mass is 356 g/mol. The molecule has 0 unspecified atom stereocenters. The largest absolute Gasteiger partial charge is 0.290 e. The highest BCUT2D eigenvalue weighted by molar-refractivity contribution is 7.12. The van der Waals surface area contributed by atoms with Gasteiger partial charge in [-0.3, -0.25) is 25.2 Å². The SMILES string of the molecule is CCn1nc(C(=O)NNC(=O)c2sccc2C)c2ccccc2c1=O. The third-order valence-electron chi connectivity index (χ3n) is 3.74. The Balaban J connectivity index is 1.90. The second kappa shape index (κ2) is 6.86. The lowest BCUT2D eigenvalue weighted by Crippen LogP contribution is -2.42. The summed E-state index contributed by atoms with van der Waals surface area (Å²) in [5.41, 5.74) is 5.41. The maximum Gasteiger partial charge on any atom is 0.290 e. The molecule has 3 aromatic rings. The molecule has 0 saturated heterocycles. The van der Waals surface area contributed by atoms with Crippen LogP contribution in [0.3, 0.4) is 0 Å². The summed E-state index contributed by atoms with van der Waals surface area (Å²) in [5, 5.41) is 6.77. The van der Waals surface area contributed by atoms with Crippen LogP contribution in [0.4, 0.5) is 0 Å². The Morgan fingerprint density at radius 1 is 1.12 bits per heavy atom. The van der Waals surface area contributed by atoms with Gasteiger partial charge in [-0.2, -0.15) is 5.10 Å². The van der Waals surface area contributed by atoms with Crippen molar-refractivity contribution in [3.63, 3.8) is 0 Å². The van der Waals surface area contributed by atoms with E-state index in [-0.39, 0.29) is 11.3 Å². The Morgan fingerprint density at radius 2 is 1.80 bits per heavy atom. The van der Waals surface area contributed by atoms with E-state index in [1.807, 2.05) is 13.0 Å². The first-order valence-corrected chi connectivity index (χ1v) is 8.55. The molecular formula is C17H16N4O3S. The van der Waals surface area contributed by atoms with Crippen molar-refractivity contribution in [1.29, 1.82) is 0 Å². The zero-order chi connectivity index (χ0) is 18.0. The van der Waals surface area contributed by atoms with Gasteiger partial charge in [-0.05, 0) is 36.9 Å². The highest BCUT2D eigenvalue weighted by Gasteiger charge is 2.17. The summed E-state index contributed by atoms with van der Waals surface area (Å²) in [6, 6.07) is 8.59. The summed E-state index contributed by atoms with van der Waals surface area (Å²) in [4.78, 5) is 37.4. The van der Waals surface area contributed by atoms with E-state index in [4.69, 9.17) is 0 Å². The lowest BCUT2D eigenvalue weighted by Gasteiger charge is -2.10. The molecule has 2 amide bonds. The fourth-order valence-corrected chi connectivity index (χ4v) is 3.27.